The van der Waals surface area contributed by atoms with Crippen molar-refractivity contribution in [2.75, 3.05) is 0 Å². The number of thiophene rings is 2. The number of aliphatic imine (C=N–C) groups is 1. The molecule has 0 fully saturated rings. The van der Waals surface area contributed by atoms with Gasteiger partial charge in [-0.25, -0.2) is 9.97 Å². The van der Waals surface area contributed by atoms with Crippen LogP contribution in [0.2, 0.25) is 0 Å². The molecule has 3 heterocycles. The van der Waals surface area contributed by atoms with Crippen molar-refractivity contribution in [1.29, 1.82) is 0 Å². The van der Waals surface area contributed by atoms with E-state index in [1.54, 1.807) is 21.6 Å². The Labute approximate surface area is 394 Å². The Bertz CT molecular complexity index is 1820. The monoisotopic (exact) mass is 899 g/mol. The molecule has 60 heavy (non-hydrogen) atoms. The van der Waals surface area contributed by atoms with Crippen LogP contribution in [0.5, 0.6) is 0 Å². The molecule has 0 aliphatic carbocycles. The van der Waals surface area contributed by atoms with Crippen molar-refractivity contribution in [2.24, 2.45) is 15.8 Å². The van der Waals surface area contributed by atoms with Gasteiger partial charge in [0.25, 0.3) is 0 Å². The molecule has 0 unspecified atom stereocenters. The van der Waals surface area contributed by atoms with Gasteiger partial charge in [-0.15, -0.1) is 29.6 Å². The maximum atomic E-state index is 4.66. The average molecular weight is 899 g/mol. The number of hydrogen-bond acceptors (Lipinski definition) is 5. The van der Waals surface area contributed by atoms with E-state index in [4.69, 9.17) is 0 Å². The first kappa shape index (κ1) is 60.6. The van der Waals surface area contributed by atoms with Gasteiger partial charge in [0.15, 0.2) is 0 Å². The van der Waals surface area contributed by atoms with E-state index < -0.39 is 0 Å². The van der Waals surface area contributed by atoms with E-state index in [0.717, 1.165) is 17.2 Å². The van der Waals surface area contributed by atoms with Gasteiger partial charge in [0.1, 0.15) is 5.82 Å². The quantitative estimate of drug-likeness (QED) is 0.180. The van der Waals surface area contributed by atoms with Crippen molar-refractivity contribution < 1.29 is 18.6 Å². The molecule has 0 spiro atoms. The van der Waals surface area contributed by atoms with Crippen LogP contribution in [0.3, 0.4) is 0 Å². The molecular weight excluding hydrogens is 806 g/mol. The van der Waals surface area contributed by atoms with Crippen molar-refractivity contribution in [3.05, 3.63) is 76.3 Å². The number of aryl methyl sites for hydroxylation is 5. The first-order valence-corrected chi connectivity index (χ1v) is 23.5. The van der Waals surface area contributed by atoms with E-state index in [1.807, 2.05) is 36.5 Å². The number of hydrogen-bond donors (Lipinski definition) is 0. The average Bonchev–Trinajstić information content (AvgIpc) is 3.45. The summed E-state index contributed by atoms with van der Waals surface area (Å²) in [4.78, 5) is 19.4. The Morgan fingerprint density at radius 1 is 0.467 bits per heavy atom. The molecule has 3 rings (SSSR count). The summed E-state index contributed by atoms with van der Waals surface area (Å²) < 4.78 is 0. The predicted molar refractivity (Wildman–Crippen MR) is 270 cm³/mol. The maximum absolute atomic E-state index is 4.66. The molecule has 0 amide bonds. The third kappa shape index (κ3) is 18.7. The molecule has 0 aliphatic rings. The van der Waals surface area contributed by atoms with Gasteiger partial charge in [-0.3, -0.25) is 5.70 Å². The number of aromatic nitrogens is 2. The molecule has 0 aromatic carbocycles. The number of allylic oxidation sites excluding steroid dienone is 2. The van der Waals surface area contributed by atoms with Crippen molar-refractivity contribution >= 4 is 28.9 Å². The summed E-state index contributed by atoms with van der Waals surface area (Å²) in [5, 5.41) is 0. The number of rotatable bonds is 1. The molecule has 3 aromatic heterocycles. The maximum Gasteiger partial charge on any atom is 2.00 e. The van der Waals surface area contributed by atoms with Gasteiger partial charge in [0.2, 0.25) is 0 Å². The Kier molecular flexibility index (Phi) is 21.6. The Hall–Kier alpha value is -1.53. The molecule has 3 nitrogen and oxygen atoms in total. The number of nitrogens with zero attached hydrogens (tertiary/aromatic N) is 3. The Balaban J connectivity index is 0. The van der Waals surface area contributed by atoms with Gasteiger partial charge >= 0.3 is 18.6 Å². The van der Waals surface area contributed by atoms with Gasteiger partial charge < -0.3 is 11.1 Å². The van der Waals surface area contributed by atoms with Crippen LogP contribution >= 0.6 is 22.7 Å². The van der Waals surface area contributed by atoms with Crippen LogP contribution in [0, 0.1) is 58.4 Å². The molecule has 0 aliphatic heterocycles. The fourth-order valence-electron chi connectivity index (χ4n) is 7.55. The summed E-state index contributed by atoms with van der Waals surface area (Å²) in [7, 11) is 0. The van der Waals surface area contributed by atoms with Crippen LogP contribution in [0.1, 0.15) is 238 Å². The molecule has 0 atom stereocenters. The van der Waals surface area contributed by atoms with Gasteiger partial charge in [-0.1, -0.05) is 172 Å². The second kappa shape index (κ2) is 21.4. The van der Waals surface area contributed by atoms with Crippen molar-refractivity contribution in [1.82, 2.24) is 9.97 Å². The van der Waals surface area contributed by atoms with Crippen molar-refractivity contribution in [3.63, 3.8) is 0 Å². The molecule has 6 heteroatoms. The summed E-state index contributed by atoms with van der Waals surface area (Å²) in [6.07, 6.45) is 6.21. The molecule has 3 aromatic rings. The van der Waals surface area contributed by atoms with Crippen LogP contribution in [0.15, 0.2) is 10.7 Å². The summed E-state index contributed by atoms with van der Waals surface area (Å²) in [5.41, 5.74) is 12.1. The topological polar surface area (TPSA) is 38.1 Å². The first-order valence-electron chi connectivity index (χ1n) is 21.9. The first-order chi connectivity index (χ1) is 25.8. The third-order valence-electron chi connectivity index (χ3n) is 9.67. The Morgan fingerprint density at radius 2 is 0.850 bits per heavy atom. The van der Waals surface area contributed by atoms with Crippen LogP contribution < -0.4 is 0 Å². The summed E-state index contributed by atoms with van der Waals surface area (Å²) in [5.74, 6) is 0.871. The summed E-state index contributed by atoms with van der Waals surface area (Å²) in [6, 6.07) is 0. The molecule has 0 N–H and O–H groups in total. The molecule has 0 bridgehead atoms. The molecule has 1 radical (unpaired) electrons. The van der Waals surface area contributed by atoms with E-state index >= 15 is 0 Å². The smallest absolute Gasteiger partial charge is 0.574 e. The zero-order valence-electron chi connectivity index (χ0n) is 45.1. The van der Waals surface area contributed by atoms with Crippen LogP contribution in [0.4, 0.5) is 0 Å². The van der Waals surface area contributed by atoms with E-state index in [1.165, 1.54) is 31.5 Å². The van der Waals surface area contributed by atoms with E-state index in [0.29, 0.717) is 0 Å². The SMILES string of the molecule is C[C-]=NC(=[C-]C(C)(C)C)C(C)(C)C.Cc1nc(C)c(C(C)(C)C)c(C(C)(C)C)n1.Cc1sc(C(C)(C)C)c(C(C)(C)C)c1C.Cc1sc(C)c(C(C)(C)C)c1C(C)(C)C.[V+2]. The summed E-state index contributed by atoms with van der Waals surface area (Å²) >= 11 is 3.92. The van der Waals surface area contributed by atoms with E-state index in [2.05, 4.69) is 228 Å². The largest absolute Gasteiger partial charge is 2.00 e. The fraction of sp³-hybridized carbons (Fsp3) is 0.722. The van der Waals surface area contributed by atoms with E-state index in [9.17, 15) is 0 Å². The molecule has 0 saturated carbocycles. The van der Waals surface area contributed by atoms with Crippen LogP contribution in [-0.4, -0.2) is 16.2 Å². The zero-order chi connectivity index (χ0) is 47.5. The van der Waals surface area contributed by atoms with Crippen molar-refractivity contribution in [3.8, 4) is 0 Å². The molecular formula is C54H93N3S2V. The second-order valence-electron chi connectivity index (χ2n) is 24.8. The molecule has 341 valence electrons. The van der Waals surface area contributed by atoms with Crippen LogP contribution in [0.25, 0.3) is 0 Å². The molecule has 0 saturated heterocycles. The van der Waals surface area contributed by atoms with Crippen molar-refractivity contribution in [2.45, 2.75) is 247 Å². The third-order valence-corrected chi connectivity index (χ3v) is 12.3. The minimum Gasteiger partial charge on any atom is -0.574 e. The van der Waals surface area contributed by atoms with Gasteiger partial charge in [0, 0.05) is 36.2 Å². The van der Waals surface area contributed by atoms with Crippen LogP contribution in [-0.2, 0) is 51.0 Å². The standard InChI is InChI=1S/C14H24N2.2C14H24S.C12H21N.V/c1-9-11(13(3,4)5)12(14(6,7)8)16-10(2)15-9;1-9-11(13(3,4)5)12(10(2)15-9)14(6,7)8;1-9-10(2)15-12(14(6,7)8)11(9)13(3,4)5;1-8-13-10(12(5,6)7)9-11(2,3)4;/h1-8H3;2*1-8H3;1-7H3;/q;;;-2;+2. The Morgan fingerprint density at radius 3 is 1.12 bits per heavy atom. The minimum absolute atomic E-state index is 0. The van der Waals surface area contributed by atoms with E-state index in [-0.39, 0.29) is 61.9 Å². The minimum atomic E-state index is 0. The fourth-order valence-corrected chi connectivity index (χ4v) is 10.5. The second-order valence-corrected chi connectivity index (χ2v) is 27.5. The van der Waals surface area contributed by atoms with Gasteiger partial charge in [-0.2, -0.15) is 11.6 Å². The predicted octanol–water partition coefficient (Wildman–Crippen LogP) is 17.3. The zero-order valence-corrected chi connectivity index (χ0v) is 48.1. The van der Waals surface area contributed by atoms with Gasteiger partial charge in [-0.05, 0) is 90.9 Å². The summed E-state index contributed by atoms with van der Waals surface area (Å²) in [6.45, 7) is 68.8. The van der Waals surface area contributed by atoms with Gasteiger partial charge in [0.05, 0.1) is 5.69 Å². The normalized spacial score (nSPS) is 13.5.